The Morgan fingerprint density at radius 3 is 2.14 bits per heavy atom. The predicted molar refractivity (Wildman–Crippen MR) is 182 cm³/mol. The number of rotatable bonds is 6. The number of nitrogens with zero attached hydrogens (tertiary/aromatic N) is 4. The van der Waals surface area contributed by atoms with Crippen molar-refractivity contribution in [1.29, 1.82) is 0 Å². The van der Waals surface area contributed by atoms with Gasteiger partial charge in [-0.25, -0.2) is 0 Å². The van der Waals surface area contributed by atoms with Crippen LogP contribution < -0.4 is 10.1 Å². The number of amides is 2. The van der Waals surface area contributed by atoms with Crippen molar-refractivity contribution in [2.45, 2.75) is 92.4 Å². The van der Waals surface area contributed by atoms with Gasteiger partial charge in [0.05, 0.1) is 57.1 Å². The van der Waals surface area contributed by atoms with Crippen LogP contribution in [0, 0.1) is 29.6 Å². The van der Waals surface area contributed by atoms with Crippen LogP contribution in [0.4, 0.5) is 11.4 Å². The van der Waals surface area contributed by atoms with Crippen LogP contribution >= 0.6 is 0 Å². The average Bonchev–Trinajstić information content (AvgIpc) is 3.68. The fourth-order valence-electron chi connectivity index (χ4n) is 12.8. The highest BCUT2D eigenvalue weighted by Gasteiger charge is 2.80. The lowest BCUT2D eigenvalue weighted by Crippen LogP contribution is -2.54. The van der Waals surface area contributed by atoms with E-state index in [1.54, 1.807) is 7.11 Å². The highest BCUT2D eigenvalue weighted by molar-refractivity contribution is 6.08. The lowest BCUT2D eigenvalue weighted by molar-refractivity contribution is -0.139. The molecule has 12 heteroatoms. The molecule has 13 rings (SSSR count). The van der Waals surface area contributed by atoms with E-state index in [4.69, 9.17) is 29.0 Å². The first-order chi connectivity index (χ1) is 24.6. The molecule has 2 aromatic carbocycles. The van der Waals surface area contributed by atoms with Gasteiger partial charge >= 0.3 is 0 Å². The van der Waals surface area contributed by atoms with Crippen LogP contribution in [0.5, 0.6) is 0 Å². The summed E-state index contributed by atoms with van der Waals surface area (Å²) in [6.07, 6.45) is 2.30. The maximum atomic E-state index is 14.2. The first-order valence-corrected chi connectivity index (χ1v) is 18.6. The number of benzene rings is 2. The predicted octanol–water partition coefficient (Wildman–Crippen LogP) is 3.45. The molecule has 3 unspecified atom stereocenters. The Hall–Kier alpha value is -3.23. The number of carbonyl (C=O) groups excluding carboxylic acids is 2. The summed E-state index contributed by atoms with van der Waals surface area (Å²) in [5.41, 5.74) is 0.926. The standard InChI is InChI=1S/C39H44N4O8/c1-20(39-26-14-32-38(17-30(43(39)51-39)23(26)19-50-32)25-10-6-8-12-29(25)42(48-4)35(38)45)15-36(2,46)33-21-13-31-37(16-27(40-33)22(21)18-49-31)24-9-5-7-11-28(24)41(47-3)34(37)44/h5-12,20-23,26-27,30-32,46H,13-19H2,1-4H3/t20?,21-,22+,23+,26-,27+,30+,31-,32-,36?,37+,38+,39+,43?/m1/s1. The quantitative estimate of drug-likeness (QED) is 0.453. The smallest absolute Gasteiger partial charge is 0.264 e. The second-order valence-electron chi connectivity index (χ2n) is 16.8. The summed E-state index contributed by atoms with van der Waals surface area (Å²) in [5, 5.41) is 17.5. The summed E-state index contributed by atoms with van der Waals surface area (Å²) < 4.78 is 13.1. The molecule has 0 radical (unpaired) electrons. The van der Waals surface area contributed by atoms with E-state index in [9.17, 15) is 14.7 Å². The molecule has 2 spiro atoms. The van der Waals surface area contributed by atoms with Gasteiger partial charge in [0.25, 0.3) is 11.8 Å². The highest BCUT2D eigenvalue weighted by Crippen LogP contribution is 2.69. The van der Waals surface area contributed by atoms with Crippen LogP contribution in [0.1, 0.15) is 57.1 Å². The Balaban J connectivity index is 0.881. The van der Waals surface area contributed by atoms with Crippen LogP contribution in [0.15, 0.2) is 53.5 Å². The molecule has 6 saturated heterocycles. The second-order valence-corrected chi connectivity index (χ2v) is 16.8. The number of para-hydroxylation sites is 2. The van der Waals surface area contributed by atoms with E-state index in [1.807, 2.05) is 55.5 Å². The van der Waals surface area contributed by atoms with Crippen molar-refractivity contribution in [3.05, 3.63) is 59.7 Å². The lowest BCUT2D eigenvalue weighted by atomic mass is 9.68. The van der Waals surface area contributed by atoms with Gasteiger partial charge in [0.2, 0.25) is 0 Å². The second kappa shape index (κ2) is 10.0. The first-order valence-electron chi connectivity index (χ1n) is 18.6. The van der Waals surface area contributed by atoms with Crippen LogP contribution in [-0.4, -0.2) is 90.7 Å². The fourth-order valence-corrected chi connectivity index (χ4v) is 12.8. The van der Waals surface area contributed by atoms with E-state index in [1.165, 1.54) is 17.2 Å². The van der Waals surface area contributed by atoms with Crippen molar-refractivity contribution in [2.75, 3.05) is 37.6 Å². The van der Waals surface area contributed by atoms with Crippen LogP contribution in [-0.2, 0) is 44.4 Å². The Morgan fingerprint density at radius 2 is 1.49 bits per heavy atom. The number of hydrogen-bond donors (Lipinski definition) is 1. The normalized spacial score (nSPS) is 45.1. The third-order valence-electron chi connectivity index (χ3n) is 14.8. The zero-order chi connectivity index (χ0) is 34.8. The summed E-state index contributed by atoms with van der Waals surface area (Å²) in [4.78, 5) is 51.5. The van der Waals surface area contributed by atoms with Crippen molar-refractivity contribution in [1.82, 2.24) is 5.06 Å². The Bertz CT molecular complexity index is 1920. The van der Waals surface area contributed by atoms with Crippen LogP contribution in [0.2, 0.25) is 0 Å². The molecule has 2 aliphatic carbocycles. The maximum absolute atomic E-state index is 14.2. The van der Waals surface area contributed by atoms with Gasteiger partial charge in [0.1, 0.15) is 16.4 Å². The van der Waals surface area contributed by atoms with E-state index >= 15 is 0 Å². The van der Waals surface area contributed by atoms with Gasteiger partial charge in [-0.2, -0.15) is 10.1 Å². The molecule has 268 valence electrons. The minimum absolute atomic E-state index is 0.0106. The molecule has 1 N–H and O–H groups in total. The molecule has 8 bridgehead atoms. The molecule has 11 aliphatic rings. The zero-order valence-corrected chi connectivity index (χ0v) is 29.4. The minimum Gasteiger partial charge on any atom is -0.384 e. The number of ether oxygens (including phenoxy) is 2. The Labute approximate surface area is 296 Å². The SMILES string of the molecule is CON1C(=O)[C@@]2(C[C@@H]3N=C(C(C)(O)CC(C)[C@@]45ON4[C@H]4C[C@@]6(C(=O)N(OC)c7ccccc76)[C@H]6C[C@@H]5[C@@H]4CO6)[C@@H]4C[C@H]2OC[C@H]34)c2ccccc21. The van der Waals surface area contributed by atoms with Crippen molar-refractivity contribution in [3.63, 3.8) is 0 Å². The Morgan fingerprint density at radius 1 is 0.902 bits per heavy atom. The number of aliphatic hydroxyl groups is 1. The summed E-state index contributed by atoms with van der Waals surface area (Å²) in [5.74, 6) is 0.360. The van der Waals surface area contributed by atoms with Crippen molar-refractivity contribution >= 4 is 28.9 Å². The largest absolute Gasteiger partial charge is 0.384 e. The first kappa shape index (κ1) is 31.3. The van der Waals surface area contributed by atoms with Crippen molar-refractivity contribution < 1.29 is 38.7 Å². The molecule has 2 amide bonds. The van der Waals surface area contributed by atoms with E-state index in [2.05, 4.69) is 12.0 Å². The molecule has 2 aromatic rings. The minimum atomic E-state index is -1.17. The van der Waals surface area contributed by atoms with Gasteiger partial charge in [-0.1, -0.05) is 43.3 Å². The molecular formula is C39H44N4O8. The summed E-state index contributed by atoms with van der Waals surface area (Å²) in [6, 6.07) is 15.7. The van der Waals surface area contributed by atoms with Gasteiger partial charge in [-0.15, -0.1) is 5.06 Å². The molecule has 12 nitrogen and oxygen atoms in total. The van der Waals surface area contributed by atoms with Gasteiger partial charge in [-0.3, -0.25) is 29.1 Å². The molecular weight excluding hydrogens is 652 g/mol. The maximum Gasteiger partial charge on any atom is 0.264 e. The zero-order valence-electron chi connectivity index (χ0n) is 29.4. The number of aliphatic imine (C=N–C) groups is 1. The van der Waals surface area contributed by atoms with E-state index in [-0.39, 0.29) is 65.7 Å². The highest BCUT2D eigenvalue weighted by atomic mass is 16.9. The number of fused-ring (bicyclic) bond motifs is 5. The summed E-state index contributed by atoms with van der Waals surface area (Å²) in [6.45, 7) is 5.21. The van der Waals surface area contributed by atoms with Crippen molar-refractivity contribution in [3.8, 4) is 0 Å². The molecule has 14 atom stereocenters. The van der Waals surface area contributed by atoms with Gasteiger partial charge in [0, 0.05) is 41.3 Å². The molecule has 2 saturated carbocycles. The van der Waals surface area contributed by atoms with Gasteiger partial charge in [-0.05, 0) is 62.3 Å². The van der Waals surface area contributed by atoms with Crippen LogP contribution in [0.25, 0.3) is 0 Å². The number of hydroxylamine groups is 4. The Kier molecular flexibility index (Phi) is 6.17. The summed E-state index contributed by atoms with van der Waals surface area (Å²) >= 11 is 0. The van der Waals surface area contributed by atoms with Crippen LogP contribution in [0.3, 0.4) is 0 Å². The molecule has 0 aromatic heterocycles. The average molecular weight is 697 g/mol. The van der Waals surface area contributed by atoms with E-state index in [0.717, 1.165) is 28.2 Å². The lowest BCUT2D eigenvalue weighted by Gasteiger charge is -2.42. The number of carbonyl (C=O) groups is 2. The van der Waals surface area contributed by atoms with Gasteiger partial charge < -0.3 is 14.6 Å². The molecule has 8 fully saturated rings. The monoisotopic (exact) mass is 696 g/mol. The summed E-state index contributed by atoms with van der Waals surface area (Å²) in [7, 11) is 3.08. The molecule has 9 aliphatic heterocycles. The van der Waals surface area contributed by atoms with Crippen molar-refractivity contribution in [2.24, 2.45) is 34.6 Å². The topological polar surface area (TPSA) is 126 Å². The molecule has 9 heterocycles. The number of hydrogen-bond acceptors (Lipinski definition) is 10. The number of anilines is 2. The van der Waals surface area contributed by atoms with E-state index in [0.29, 0.717) is 45.3 Å². The third kappa shape index (κ3) is 3.54. The molecule has 51 heavy (non-hydrogen) atoms. The van der Waals surface area contributed by atoms with E-state index < -0.39 is 22.2 Å². The van der Waals surface area contributed by atoms with Gasteiger partial charge in [0.15, 0.2) is 5.72 Å². The fraction of sp³-hybridized carbons (Fsp3) is 0.615. The third-order valence-corrected chi connectivity index (χ3v) is 14.8.